The molecule has 0 fully saturated rings. The Morgan fingerprint density at radius 3 is 2.26 bits per heavy atom. The number of nitrogens with one attached hydrogen (secondary N) is 2. The van der Waals surface area contributed by atoms with Crippen LogP contribution in [0, 0.1) is 5.92 Å². The number of carbonyl (C=O) groups is 2. The number of aliphatic carboxylic acids is 1. The molecule has 0 saturated carbocycles. The van der Waals surface area contributed by atoms with Crippen molar-refractivity contribution in [2.75, 3.05) is 5.32 Å². The maximum Gasteiger partial charge on any atom is 0.387 e. The normalized spacial score (nSPS) is 12.9. The average Bonchev–Trinajstić information content (AvgIpc) is 2.62. The summed E-state index contributed by atoms with van der Waals surface area (Å²) < 4.78 is 28.7. The third kappa shape index (κ3) is 5.67. The number of amides is 1. The quantitative estimate of drug-likeness (QED) is 0.649. The number of carbonyl (C=O) groups excluding carboxylic acids is 1. The van der Waals surface area contributed by atoms with Gasteiger partial charge in [0.05, 0.1) is 17.2 Å². The van der Waals surface area contributed by atoms with Crippen LogP contribution in [0.5, 0.6) is 5.75 Å². The molecule has 0 saturated heterocycles. The van der Waals surface area contributed by atoms with Crippen LogP contribution in [-0.4, -0.2) is 29.6 Å². The summed E-state index contributed by atoms with van der Waals surface area (Å²) >= 11 is 0. The lowest BCUT2D eigenvalue weighted by atomic mass is 10.0. The van der Waals surface area contributed by atoms with Crippen LogP contribution in [0.15, 0.2) is 48.5 Å². The molecule has 2 atom stereocenters. The molecule has 0 heterocycles. The Hall–Kier alpha value is -3.16. The molecule has 27 heavy (non-hydrogen) atoms. The molecule has 144 valence electrons. The molecule has 6 nitrogen and oxygen atoms in total. The Kier molecular flexibility index (Phi) is 6.70. The number of rotatable bonds is 8. The summed E-state index contributed by atoms with van der Waals surface area (Å²) in [5.41, 5.74) is 1.39. The first-order valence-corrected chi connectivity index (χ1v) is 8.22. The van der Waals surface area contributed by atoms with Gasteiger partial charge in [0.1, 0.15) is 5.75 Å². The van der Waals surface area contributed by atoms with E-state index in [2.05, 4.69) is 15.4 Å². The van der Waals surface area contributed by atoms with Crippen LogP contribution in [0.25, 0.3) is 0 Å². The van der Waals surface area contributed by atoms with E-state index in [-0.39, 0.29) is 5.75 Å². The number of alkyl halides is 2. The lowest BCUT2D eigenvalue weighted by molar-refractivity contribution is -0.141. The van der Waals surface area contributed by atoms with E-state index in [0.717, 1.165) is 0 Å². The van der Waals surface area contributed by atoms with Gasteiger partial charge in [-0.1, -0.05) is 12.1 Å². The van der Waals surface area contributed by atoms with Crippen molar-refractivity contribution < 1.29 is 28.2 Å². The van der Waals surface area contributed by atoms with Crippen LogP contribution in [0.3, 0.4) is 0 Å². The van der Waals surface area contributed by atoms with Gasteiger partial charge in [-0.15, -0.1) is 0 Å². The van der Waals surface area contributed by atoms with Crippen LogP contribution < -0.4 is 15.4 Å². The summed E-state index contributed by atoms with van der Waals surface area (Å²) in [6.07, 6.45) is 0. The van der Waals surface area contributed by atoms with E-state index in [4.69, 9.17) is 5.11 Å². The molecule has 0 aliphatic heterocycles. The molecule has 0 aromatic heterocycles. The number of carboxylic acids is 1. The number of ether oxygens (including phenoxy) is 1. The number of anilines is 2. The van der Waals surface area contributed by atoms with E-state index >= 15 is 0 Å². The van der Waals surface area contributed by atoms with Crippen molar-refractivity contribution in [1.82, 2.24) is 5.32 Å². The van der Waals surface area contributed by atoms with Gasteiger partial charge < -0.3 is 20.5 Å². The van der Waals surface area contributed by atoms with Crippen molar-refractivity contribution in [2.45, 2.75) is 26.5 Å². The zero-order valence-electron chi connectivity index (χ0n) is 14.8. The van der Waals surface area contributed by atoms with Crippen molar-refractivity contribution in [3.63, 3.8) is 0 Å². The summed E-state index contributed by atoms with van der Waals surface area (Å²) in [5.74, 6) is -2.13. The largest absolute Gasteiger partial charge is 0.481 e. The Labute approximate surface area is 155 Å². The molecule has 0 radical (unpaired) electrons. The summed E-state index contributed by atoms with van der Waals surface area (Å²) in [6, 6.07) is 12.0. The predicted octanol–water partition coefficient (Wildman–Crippen LogP) is 3.87. The fourth-order valence-corrected chi connectivity index (χ4v) is 2.29. The summed E-state index contributed by atoms with van der Waals surface area (Å²) in [7, 11) is 0. The molecule has 0 aliphatic rings. The lowest BCUT2D eigenvalue weighted by Crippen LogP contribution is -2.40. The fraction of sp³-hybridized carbons (Fsp3) is 0.263. The maximum absolute atomic E-state index is 12.5. The number of benzene rings is 2. The van der Waals surface area contributed by atoms with E-state index in [1.54, 1.807) is 43.3 Å². The van der Waals surface area contributed by atoms with Gasteiger partial charge in [-0.25, -0.2) is 0 Å². The van der Waals surface area contributed by atoms with Gasteiger partial charge in [0.15, 0.2) is 0 Å². The first-order valence-electron chi connectivity index (χ1n) is 8.22. The topological polar surface area (TPSA) is 87.7 Å². The Bertz CT molecular complexity index is 797. The molecule has 2 aromatic carbocycles. The Morgan fingerprint density at radius 2 is 1.67 bits per heavy atom. The van der Waals surface area contributed by atoms with E-state index < -0.39 is 30.4 Å². The van der Waals surface area contributed by atoms with Crippen molar-refractivity contribution in [1.29, 1.82) is 0 Å². The minimum absolute atomic E-state index is 0.0260. The van der Waals surface area contributed by atoms with Gasteiger partial charge in [0, 0.05) is 11.7 Å². The average molecular weight is 378 g/mol. The van der Waals surface area contributed by atoms with Gasteiger partial charge in [0.2, 0.25) is 0 Å². The smallest absolute Gasteiger partial charge is 0.387 e. The maximum atomic E-state index is 12.5. The third-order valence-corrected chi connectivity index (χ3v) is 4.03. The fourth-order valence-electron chi connectivity index (χ4n) is 2.29. The first kappa shape index (κ1) is 20.2. The first-order chi connectivity index (χ1) is 12.8. The van der Waals surface area contributed by atoms with Gasteiger partial charge >= 0.3 is 12.6 Å². The van der Waals surface area contributed by atoms with Gasteiger partial charge in [-0.3, -0.25) is 9.59 Å². The second kappa shape index (κ2) is 8.98. The number of carboxylic acid groups (broad SMARTS) is 1. The van der Waals surface area contributed by atoms with Crippen LogP contribution in [0.1, 0.15) is 24.2 Å². The van der Waals surface area contributed by atoms with Crippen molar-refractivity contribution in [2.24, 2.45) is 5.92 Å². The highest BCUT2D eigenvalue weighted by Gasteiger charge is 2.22. The standard InChI is InChI=1S/C19H20F2N2O4/c1-11(18(25)26)12(2)22-17(24)15-5-3-4-6-16(15)23-13-7-9-14(10-8-13)27-19(20)21/h3-12,19,23H,1-2H3,(H,22,24)(H,25,26). The zero-order chi connectivity index (χ0) is 20.0. The highest BCUT2D eigenvalue weighted by Crippen LogP contribution is 2.24. The van der Waals surface area contributed by atoms with E-state index in [1.807, 2.05) is 0 Å². The molecular formula is C19H20F2N2O4. The molecule has 2 aromatic rings. The molecule has 2 unspecified atom stereocenters. The SMILES string of the molecule is CC(NC(=O)c1ccccc1Nc1ccc(OC(F)F)cc1)C(C)C(=O)O. The van der Waals surface area contributed by atoms with Gasteiger partial charge in [-0.2, -0.15) is 8.78 Å². The molecule has 0 bridgehead atoms. The Balaban J connectivity index is 2.13. The molecule has 2 rings (SSSR count). The number of hydrogen-bond donors (Lipinski definition) is 3. The minimum Gasteiger partial charge on any atom is -0.481 e. The lowest BCUT2D eigenvalue weighted by Gasteiger charge is -2.19. The summed E-state index contributed by atoms with van der Waals surface area (Å²) in [6.45, 7) is 0.234. The van der Waals surface area contributed by atoms with Crippen LogP contribution in [-0.2, 0) is 4.79 Å². The van der Waals surface area contributed by atoms with Crippen molar-refractivity contribution in [3.8, 4) is 5.75 Å². The predicted molar refractivity (Wildman–Crippen MR) is 96.5 cm³/mol. The Morgan fingerprint density at radius 1 is 1.04 bits per heavy atom. The van der Waals surface area contributed by atoms with Crippen LogP contribution in [0.2, 0.25) is 0 Å². The number of hydrogen-bond acceptors (Lipinski definition) is 4. The molecular weight excluding hydrogens is 358 g/mol. The summed E-state index contributed by atoms with van der Waals surface area (Å²) in [4.78, 5) is 23.6. The second-order valence-electron chi connectivity index (χ2n) is 5.96. The third-order valence-electron chi connectivity index (χ3n) is 4.03. The molecule has 3 N–H and O–H groups in total. The summed E-state index contributed by atoms with van der Waals surface area (Å²) in [5, 5.41) is 14.8. The van der Waals surface area contributed by atoms with E-state index in [1.165, 1.54) is 19.1 Å². The van der Waals surface area contributed by atoms with E-state index in [9.17, 15) is 18.4 Å². The van der Waals surface area contributed by atoms with Crippen LogP contribution in [0.4, 0.5) is 20.2 Å². The van der Waals surface area contributed by atoms with Crippen LogP contribution >= 0.6 is 0 Å². The monoisotopic (exact) mass is 378 g/mol. The molecule has 1 amide bonds. The highest BCUT2D eigenvalue weighted by molar-refractivity contribution is 6.00. The number of halogens is 2. The molecule has 8 heteroatoms. The van der Waals surface area contributed by atoms with Crippen molar-refractivity contribution >= 4 is 23.3 Å². The van der Waals surface area contributed by atoms with E-state index in [0.29, 0.717) is 16.9 Å². The number of para-hydroxylation sites is 1. The molecule has 0 spiro atoms. The zero-order valence-corrected chi connectivity index (χ0v) is 14.8. The molecule has 0 aliphatic carbocycles. The van der Waals surface area contributed by atoms with Gasteiger partial charge in [-0.05, 0) is 50.2 Å². The highest BCUT2D eigenvalue weighted by atomic mass is 19.3. The van der Waals surface area contributed by atoms with Gasteiger partial charge in [0.25, 0.3) is 5.91 Å². The minimum atomic E-state index is -2.90. The second-order valence-corrected chi connectivity index (χ2v) is 5.96. The van der Waals surface area contributed by atoms with Crippen molar-refractivity contribution in [3.05, 3.63) is 54.1 Å².